The first-order valence-electron chi connectivity index (χ1n) is 12.7. The van der Waals surface area contributed by atoms with Crippen LogP contribution in [0.4, 0.5) is 0 Å². The van der Waals surface area contributed by atoms with E-state index in [0.29, 0.717) is 52.9 Å². The molecule has 0 heterocycles. The van der Waals surface area contributed by atoms with E-state index in [1.807, 2.05) is 13.8 Å². The summed E-state index contributed by atoms with van der Waals surface area (Å²) in [6.45, 7) is 14.7. The summed E-state index contributed by atoms with van der Waals surface area (Å²) >= 11 is 0. The van der Waals surface area contributed by atoms with Crippen LogP contribution in [0.2, 0.25) is 0 Å². The molecule has 0 spiro atoms. The summed E-state index contributed by atoms with van der Waals surface area (Å²) in [7, 11) is 0. The molecule has 1 rings (SSSR count). The summed E-state index contributed by atoms with van der Waals surface area (Å²) in [5.74, 6) is 0. The highest BCUT2D eigenvalue weighted by Crippen LogP contribution is 2.19. The molecular weight excluding hydrogens is 432 g/mol. The lowest BCUT2D eigenvalue weighted by Crippen LogP contribution is -2.08. The Bertz CT molecular complexity index is 596. The zero-order valence-corrected chi connectivity index (χ0v) is 21.8. The predicted molar refractivity (Wildman–Crippen MR) is 139 cm³/mol. The molecule has 0 aliphatic rings. The van der Waals surface area contributed by atoms with E-state index in [1.165, 1.54) is 0 Å². The van der Waals surface area contributed by atoms with Crippen LogP contribution in [0, 0.1) is 0 Å². The van der Waals surface area contributed by atoms with Crippen molar-refractivity contribution in [2.24, 2.45) is 0 Å². The normalized spacial score (nSPS) is 12.2. The van der Waals surface area contributed by atoms with Crippen LogP contribution in [0.1, 0.15) is 64.5 Å². The molecule has 0 aliphatic carbocycles. The maximum absolute atomic E-state index is 5.61. The molecule has 6 nitrogen and oxygen atoms in total. The minimum absolute atomic E-state index is 0.527. The van der Waals surface area contributed by atoms with Gasteiger partial charge in [-0.05, 0) is 49.0 Å². The Morgan fingerprint density at radius 3 is 1.21 bits per heavy atom. The van der Waals surface area contributed by atoms with Crippen molar-refractivity contribution < 1.29 is 28.4 Å². The number of benzene rings is 1. The van der Waals surface area contributed by atoms with Crippen LogP contribution in [-0.2, 0) is 28.4 Å². The van der Waals surface area contributed by atoms with Gasteiger partial charge in [0.15, 0.2) is 0 Å². The van der Waals surface area contributed by atoms with Gasteiger partial charge in [-0.2, -0.15) is 0 Å². The molecular formula is C28H46O6. The zero-order valence-electron chi connectivity index (χ0n) is 21.8. The van der Waals surface area contributed by atoms with Gasteiger partial charge in [0.25, 0.3) is 0 Å². The molecule has 34 heavy (non-hydrogen) atoms. The van der Waals surface area contributed by atoms with E-state index < -0.39 is 0 Å². The number of allylic oxidation sites excluding steroid dienone is 2. The van der Waals surface area contributed by atoms with E-state index in [9.17, 15) is 0 Å². The molecule has 0 atom stereocenters. The maximum atomic E-state index is 5.61. The van der Waals surface area contributed by atoms with Crippen LogP contribution in [0.15, 0.2) is 36.8 Å². The van der Waals surface area contributed by atoms with Crippen molar-refractivity contribution >= 4 is 11.1 Å². The van der Waals surface area contributed by atoms with Gasteiger partial charge in [-0.15, -0.1) is 0 Å². The van der Waals surface area contributed by atoms with Gasteiger partial charge in [-0.1, -0.05) is 51.0 Å². The SMILES string of the molecule is CCCCOCCOCCOC=C(C)c1ccc(C(C)=COCCOCCOCCCC)cc1. The van der Waals surface area contributed by atoms with Gasteiger partial charge < -0.3 is 28.4 Å². The largest absolute Gasteiger partial charge is 0.498 e. The van der Waals surface area contributed by atoms with Crippen LogP contribution >= 0.6 is 0 Å². The molecule has 1 aromatic rings. The molecule has 0 unspecified atom stereocenters. The van der Waals surface area contributed by atoms with Gasteiger partial charge >= 0.3 is 0 Å². The average molecular weight is 479 g/mol. The lowest BCUT2D eigenvalue weighted by atomic mass is 10.0. The fourth-order valence-electron chi connectivity index (χ4n) is 2.85. The summed E-state index contributed by atoms with van der Waals surface area (Å²) in [6, 6.07) is 8.36. The third-order valence-electron chi connectivity index (χ3n) is 5.04. The maximum Gasteiger partial charge on any atom is 0.111 e. The summed E-state index contributed by atoms with van der Waals surface area (Å²) < 4.78 is 33.2. The summed E-state index contributed by atoms with van der Waals surface area (Å²) in [4.78, 5) is 0. The Labute approximate surface area is 207 Å². The molecule has 0 aromatic heterocycles. The van der Waals surface area contributed by atoms with Crippen molar-refractivity contribution in [3.63, 3.8) is 0 Å². The van der Waals surface area contributed by atoms with Crippen LogP contribution in [0.5, 0.6) is 0 Å². The van der Waals surface area contributed by atoms with Gasteiger partial charge in [-0.3, -0.25) is 0 Å². The van der Waals surface area contributed by atoms with Crippen molar-refractivity contribution in [3.8, 4) is 0 Å². The number of rotatable bonds is 22. The highest BCUT2D eigenvalue weighted by Gasteiger charge is 2.00. The van der Waals surface area contributed by atoms with E-state index in [0.717, 1.165) is 61.2 Å². The molecule has 0 saturated heterocycles. The minimum atomic E-state index is 0.527. The lowest BCUT2D eigenvalue weighted by Gasteiger charge is -2.08. The van der Waals surface area contributed by atoms with Gasteiger partial charge in [0, 0.05) is 13.2 Å². The molecule has 194 valence electrons. The van der Waals surface area contributed by atoms with Crippen LogP contribution in [-0.4, -0.2) is 66.1 Å². The number of unbranched alkanes of at least 4 members (excludes halogenated alkanes) is 2. The molecule has 0 amide bonds. The molecule has 0 fully saturated rings. The molecule has 0 radical (unpaired) electrons. The van der Waals surface area contributed by atoms with Gasteiger partial charge in [0.1, 0.15) is 13.2 Å². The summed E-state index contributed by atoms with van der Waals surface area (Å²) in [5, 5.41) is 0. The Morgan fingerprint density at radius 1 is 0.529 bits per heavy atom. The highest BCUT2D eigenvalue weighted by atomic mass is 16.5. The van der Waals surface area contributed by atoms with Crippen molar-refractivity contribution in [2.45, 2.75) is 53.4 Å². The topological polar surface area (TPSA) is 55.4 Å². The first-order chi connectivity index (χ1) is 16.7. The fourth-order valence-corrected chi connectivity index (χ4v) is 2.85. The Hall–Kier alpha value is -1.86. The second-order valence-electron chi connectivity index (χ2n) is 8.08. The van der Waals surface area contributed by atoms with Crippen LogP contribution < -0.4 is 0 Å². The van der Waals surface area contributed by atoms with Gasteiger partial charge in [0.05, 0.1) is 52.2 Å². The molecule has 0 aliphatic heterocycles. The second kappa shape index (κ2) is 21.7. The minimum Gasteiger partial charge on any atom is -0.498 e. The van der Waals surface area contributed by atoms with Gasteiger partial charge in [-0.25, -0.2) is 0 Å². The van der Waals surface area contributed by atoms with Crippen molar-refractivity contribution in [3.05, 3.63) is 47.9 Å². The third kappa shape index (κ3) is 15.9. The van der Waals surface area contributed by atoms with Gasteiger partial charge in [0.2, 0.25) is 0 Å². The highest BCUT2D eigenvalue weighted by molar-refractivity contribution is 5.68. The van der Waals surface area contributed by atoms with Crippen LogP contribution in [0.3, 0.4) is 0 Å². The van der Waals surface area contributed by atoms with Crippen molar-refractivity contribution in [2.75, 3.05) is 66.1 Å². The number of hydrogen-bond donors (Lipinski definition) is 0. The first-order valence-corrected chi connectivity index (χ1v) is 12.7. The van der Waals surface area contributed by atoms with Crippen molar-refractivity contribution in [1.29, 1.82) is 0 Å². The smallest absolute Gasteiger partial charge is 0.111 e. The molecule has 1 aromatic carbocycles. The van der Waals surface area contributed by atoms with E-state index >= 15 is 0 Å². The number of ether oxygens (including phenoxy) is 6. The lowest BCUT2D eigenvalue weighted by molar-refractivity contribution is 0.0300. The number of hydrogen-bond acceptors (Lipinski definition) is 6. The van der Waals surface area contributed by atoms with E-state index in [1.54, 1.807) is 12.5 Å². The summed E-state index contributed by atoms with van der Waals surface area (Å²) in [5.41, 5.74) is 4.39. The standard InChI is InChI=1S/C28H46O6/c1-5-7-13-29-15-17-31-19-21-33-23-25(3)27-9-11-28(12-10-27)26(4)24-34-22-20-32-18-16-30-14-8-6-2/h9-12,23-24H,5-8,13-22H2,1-4H3. The average Bonchev–Trinajstić information content (AvgIpc) is 2.86. The Kier molecular flexibility index (Phi) is 19.2. The summed E-state index contributed by atoms with van der Waals surface area (Å²) in [6.07, 6.45) is 8.08. The monoisotopic (exact) mass is 478 g/mol. The molecule has 0 N–H and O–H groups in total. The predicted octanol–water partition coefficient (Wildman–Crippen LogP) is 6.11. The fraction of sp³-hybridized carbons (Fsp3) is 0.643. The van der Waals surface area contributed by atoms with E-state index in [-0.39, 0.29) is 0 Å². The Morgan fingerprint density at radius 2 is 0.853 bits per heavy atom. The van der Waals surface area contributed by atoms with E-state index in [4.69, 9.17) is 28.4 Å². The molecule has 6 heteroatoms. The van der Waals surface area contributed by atoms with E-state index in [2.05, 4.69) is 38.1 Å². The first kappa shape index (κ1) is 30.2. The zero-order chi connectivity index (χ0) is 24.7. The molecule has 0 saturated carbocycles. The third-order valence-corrected chi connectivity index (χ3v) is 5.04. The van der Waals surface area contributed by atoms with Crippen molar-refractivity contribution in [1.82, 2.24) is 0 Å². The molecule has 0 bridgehead atoms. The quantitative estimate of drug-likeness (QED) is 0.148. The second-order valence-corrected chi connectivity index (χ2v) is 8.08. The Balaban J connectivity index is 2.18. The van der Waals surface area contributed by atoms with Crippen LogP contribution in [0.25, 0.3) is 11.1 Å².